The minimum atomic E-state index is -0.226. The lowest BCUT2D eigenvalue weighted by atomic mass is 10.0. The SMILES string of the molecule is O=C(NC1C2C3CCC(C3)C12)C(S)Cc1ccccc1. The summed E-state index contributed by atoms with van der Waals surface area (Å²) in [4.78, 5) is 12.3. The Kier molecular flexibility index (Phi) is 3.06. The summed E-state index contributed by atoms with van der Waals surface area (Å²) in [5, 5.41) is 3.04. The number of amides is 1. The molecule has 3 heteroatoms. The topological polar surface area (TPSA) is 29.1 Å². The maximum atomic E-state index is 12.3. The summed E-state index contributed by atoms with van der Waals surface area (Å²) in [6.07, 6.45) is 4.93. The third kappa shape index (κ3) is 2.07. The number of carbonyl (C=O) groups is 1. The van der Waals surface area contributed by atoms with Crippen LogP contribution in [0.25, 0.3) is 0 Å². The van der Waals surface area contributed by atoms with Crippen LogP contribution in [-0.2, 0) is 11.2 Å². The Hall–Kier alpha value is -0.960. The predicted octanol–water partition coefficient (Wildman–Crippen LogP) is 2.69. The van der Waals surface area contributed by atoms with Gasteiger partial charge in [0.1, 0.15) is 0 Å². The van der Waals surface area contributed by atoms with E-state index in [0.29, 0.717) is 12.5 Å². The highest BCUT2D eigenvalue weighted by molar-refractivity contribution is 7.81. The van der Waals surface area contributed by atoms with Crippen molar-refractivity contribution in [3.63, 3.8) is 0 Å². The van der Waals surface area contributed by atoms with Crippen LogP contribution in [0.4, 0.5) is 0 Å². The van der Waals surface area contributed by atoms with Gasteiger partial charge in [-0.1, -0.05) is 30.3 Å². The number of fused-ring (bicyclic) bond motifs is 5. The molecule has 0 spiro atoms. The van der Waals surface area contributed by atoms with Gasteiger partial charge in [0.25, 0.3) is 0 Å². The first-order valence-corrected chi connectivity index (χ1v) is 8.28. The monoisotopic (exact) mass is 287 g/mol. The van der Waals surface area contributed by atoms with Crippen molar-refractivity contribution in [1.82, 2.24) is 5.32 Å². The minimum absolute atomic E-state index is 0.121. The molecule has 0 radical (unpaired) electrons. The van der Waals surface area contributed by atoms with Gasteiger partial charge in [-0.25, -0.2) is 0 Å². The van der Waals surface area contributed by atoms with Crippen molar-refractivity contribution in [3.05, 3.63) is 35.9 Å². The predicted molar refractivity (Wildman–Crippen MR) is 82.7 cm³/mol. The van der Waals surface area contributed by atoms with E-state index < -0.39 is 0 Å². The summed E-state index contributed by atoms with van der Waals surface area (Å²) in [7, 11) is 0. The van der Waals surface area contributed by atoms with Crippen molar-refractivity contribution >= 4 is 18.5 Å². The van der Waals surface area contributed by atoms with E-state index in [4.69, 9.17) is 0 Å². The zero-order valence-electron chi connectivity index (χ0n) is 11.5. The first-order valence-electron chi connectivity index (χ1n) is 7.76. The van der Waals surface area contributed by atoms with Crippen LogP contribution in [0.3, 0.4) is 0 Å². The van der Waals surface area contributed by atoms with E-state index in [1.807, 2.05) is 18.2 Å². The molecule has 1 amide bonds. The quantitative estimate of drug-likeness (QED) is 0.819. The molecular formula is C17H21NOS. The average molecular weight is 287 g/mol. The zero-order valence-corrected chi connectivity index (χ0v) is 12.4. The van der Waals surface area contributed by atoms with Gasteiger partial charge in [0, 0.05) is 6.04 Å². The van der Waals surface area contributed by atoms with Gasteiger partial charge in [0.05, 0.1) is 5.25 Å². The van der Waals surface area contributed by atoms with Gasteiger partial charge >= 0.3 is 0 Å². The van der Waals surface area contributed by atoms with Crippen LogP contribution in [0.2, 0.25) is 0 Å². The van der Waals surface area contributed by atoms with Crippen molar-refractivity contribution < 1.29 is 4.79 Å². The van der Waals surface area contributed by atoms with E-state index in [9.17, 15) is 4.79 Å². The van der Waals surface area contributed by atoms with Crippen molar-refractivity contribution in [2.45, 2.75) is 37.0 Å². The van der Waals surface area contributed by atoms with Gasteiger partial charge in [-0.3, -0.25) is 4.79 Å². The lowest BCUT2D eigenvalue weighted by molar-refractivity contribution is -0.120. The van der Waals surface area contributed by atoms with Gasteiger partial charge in [-0.2, -0.15) is 12.6 Å². The molecule has 106 valence electrons. The van der Waals surface area contributed by atoms with Crippen molar-refractivity contribution in [2.75, 3.05) is 0 Å². The lowest BCUT2D eigenvalue weighted by Gasteiger charge is -2.14. The number of benzene rings is 1. The Morgan fingerprint density at radius 1 is 1.20 bits per heavy atom. The van der Waals surface area contributed by atoms with Crippen LogP contribution in [0.1, 0.15) is 24.8 Å². The number of hydrogen-bond donors (Lipinski definition) is 2. The fourth-order valence-electron chi connectivity index (χ4n) is 4.71. The fourth-order valence-corrected chi connectivity index (χ4v) is 4.99. The second kappa shape index (κ2) is 4.80. The minimum Gasteiger partial charge on any atom is -0.352 e. The molecule has 1 aromatic rings. The molecular weight excluding hydrogens is 266 g/mol. The van der Waals surface area contributed by atoms with E-state index in [-0.39, 0.29) is 11.2 Å². The van der Waals surface area contributed by atoms with E-state index in [1.54, 1.807) is 0 Å². The van der Waals surface area contributed by atoms with Gasteiger partial charge in [0.15, 0.2) is 0 Å². The fraction of sp³-hybridized carbons (Fsp3) is 0.588. The normalized spacial score (nSPS) is 38.4. The molecule has 0 heterocycles. The van der Waals surface area contributed by atoms with E-state index in [0.717, 1.165) is 23.7 Å². The van der Waals surface area contributed by atoms with Gasteiger partial charge in [-0.15, -0.1) is 0 Å². The van der Waals surface area contributed by atoms with Crippen LogP contribution in [0.15, 0.2) is 30.3 Å². The highest BCUT2D eigenvalue weighted by Gasteiger charge is 2.65. The van der Waals surface area contributed by atoms with Crippen LogP contribution in [0.5, 0.6) is 0 Å². The Morgan fingerprint density at radius 3 is 2.50 bits per heavy atom. The van der Waals surface area contributed by atoms with Crippen LogP contribution in [0, 0.1) is 23.7 Å². The molecule has 5 unspecified atom stereocenters. The maximum Gasteiger partial charge on any atom is 0.233 e. The zero-order chi connectivity index (χ0) is 13.7. The Morgan fingerprint density at radius 2 is 1.85 bits per heavy atom. The Balaban J connectivity index is 1.33. The van der Waals surface area contributed by atoms with E-state index in [1.165, 1.54) is 24.8 Å². The molecule has 20 heavy (non-hydrogen) atoms. The van der Waals surface area contributed by atoms with Gasteiger partial charge < -0.3 is 5.32 Å². The molecule has 0 aromatic heterocycles. The molecule has 2 nitrogen and oxygen atoms in total. The number of carbonyl (C=O) groups excluding carboxylic acids is 1. The third-order valence-corrected chi connectivity index (χ3v) is 6.04. The highest BCUT2D eigenvalue weighted by Crippen LogP contribution is 2.65. The van der Waals surface area contributed by atoms with E-state index >= 15 is 0 Å². The second-order valence-corrected chi connectivity index (χ2v) is 7.35. The number of nitrogens with one attached hydrogen (secondary N) is 1. The van der Waals surface area contributed by atoms with Crippen molar-refractivity contribution in [2.24, 2.45) is 23.7 Å². The van der Waals surface area contributed by atoms with E-state index in [2.05, 4.69) is 30.1 Å². The molecule has 1 N–H and O–H groups in total. The number of hydrogen-bond acceptors (Lipinski definition) is 2. The van der Waals surface area contributed by atoms with Crippen LogP contribution in [-0.4, -0.2) is 17.2 Å². The molecule has 3 aliphatic carbocycles. The molecule has 1 aromatic carbocycles. The summed E-state index contributed by atoms with van der Waals surface area (Å²) in [6, 6.07) is 10.6. The highest BCUT2D eigenvalue weighted by atomic mass is 32.1. The standard InChI is InChI=1S/C17H21NOS/c19-17(13(20)8-10-4-2-1-3-5-10)18-16-14-11-6-7-12(9-11)15(14)16/h1-5,11-16,20H,6-9H2,(H,18,19). The van der Waals surface area contributed by atoms with Gasteiger partial charge in [-0.05, 0) is 54.9 Å². The van der Waals surface area contributed by atoms with Crippen molar-refractivity contribution in [1.29, 1.82) is 0 Å². The number of rotatable bonds is 4. The summed E-state index contributed by atoms with van der Waals surface area (Å²) >= 11 is 4.49. The number of thiol groups is 1. The maximum absolute atomic E-state index is 12.3. The van der Waals surface area contributed by atoms with Crippen LogP contribution >= 0.6 is 12.6 Å². The molecule has 0 aliphatic heterocycles. The first kappa shape index (κ1) is 12.8. The summed E-state index contributed by atoms with van der Waals surface area (Å²) in [6.45, 7) is 0. The largest absolute Gasteiger partial charge is 0.352 e. The third-order valence-electron chi connectivity index (χ3n) is 5.62. The molecule has 0 saturated heterocycles. The second-order valence-electron chi connectivity index (χ2n) is 6.73. The Labute approximate surface area is 125 Å². The lowest BCUT2D eigenvalue weighted by Crippen LogP contribution is -2.36. The summed E-state index contributed by atoms with van der Waals surface area (Å²) in [5.74, 6) is 3.53. The summed E-state index contributed by atoms with van der Waals surface area (Å²) < 4.78 is 0. The molecule has 3 aliphatic rings. The molecule has 2 bridgehead atoms. The van der Waals surface area contributed by atoms with Gasteiger partial charge in [0.2, 0.25) is 5.91 Å². The molecule has 5 atom stereocenters. The molecule has 3 fully saturated rings. The van der Waals surface area contributed by atoms with Crippen LogP contribution < -0.4 is 5.32 Å². The smallest absolute Gasteiger partial charge is 0.233 e. The molecule has 3 saturated carbocycles. The summed E-state index contributed by atoms with van der Waals surface area (Å²) in [5.41, 5.74) is 1.18. The average Bonchev–Trinajstić information content (AvgIpc) is 2.84. The molecule has 4 rings (SSSR count). The Bertz CT molecular complexity index is 501. The first-order chi connectivity index (χ1) is 9.74. The van der Waals surface area contributed by atoms with Crippen molar-refractivity contribution in [3.8, 4) is 0 Å².